The van der Waals surface area contributed by atoms with E-state index in [2.05, 4.69) is 20.3 Å². The number of likely N-dealkylation sites (tertiary alicyclic amines) is 1. The minimum absolute atomic E-state index is 0.0132. The molecule has 0 spiro atoms. The van der Waals surface area contributed by atoms with E-state index in [9.17, 15) is 14.7 Å². The molecule has 194 valence electrons. The van der Waals surface area contributed by atoms with E-state index in [1.807, 2.05) is 57.5 Å². The third-order valence-corrected chi connectivity index (χ3v) is 8.58. The van der Waals surface area contributed by atoms with Crippen molar-refractivity contribution in [1.29, 1.82) is 0 Å². The number of aliphatic imine (C=N–C) groups is 1. The molecule has 2 aromatic heterocycles. The van der Waals surface area contributed by atoms with Crippen molar-refractivity contribution < 1.29 is 14.7 Å². The highest BCUT2D eigenvalue weighted by molar-refractivity contribution is 7.13. The van der Waals surface area contributed by atoms with Gasteiger partial charge in [0.05, 0.1) is 45.3 Å². The number of thiazole rings is 1. The maximum Gasteiger partial charge on any atom is 0.256 e. The first-order valence-electron chi connectivity index (χ1n) is 12.6. The normalized spacial score (nSPS) is 24.7. The Kier molecular flexibility index (Phi) is 6.57. The van der Waals surface area contributed by atoms with Crippen molar-refractivity contribution in [2.24, 2.45) is 18.0 Å². The summed E-state index contributed by atoms with van der Waals surface area (Å²) in [5, 5.41) is 18.8. The van der Waals surface area contributed by atoms with Crippen LogP contribution in [-0.2, 0) is 22.1 Å². The van der Waals surface area contributed by atoms with Gasteiger partial charge in [0.2, 0.25) is 5.91 Å². The standard InChI is InChI=1S/C27H32N6O3S/c1-15(2)23(21-13-32(5)31-30-21)25(35)33-12-19(34)10-22(33)20-11-27(4,26(36)29-20)18-8-6-17(7-9-18)24-16(3)28-14-37-24/h6-9,13-15,19,22-23,34H,10-12H2,1-5H3. The van der Waals surface area contributed by atoms with Gasteiger partial charge >= 0.3 is 0 Å². The molecule has 0 bridgehead atoms. The van der Waals surface area contributed by atoms with Crippen molar-refractivity contribution in [3.8, 4) is 10.4 Å². The van der Waals surface area contributed by atoms with Crippen LogP contribution in [0, 0.1) is 12.8 Å². The van der Waals surface area contributed by atoms with Gasteiger partial charge in [-0.05, 0) is 30.9 Å². The highest BCUT2D eigenvalue weighted by Gasteiger charge is 2.48. The Hall–Kier alpha value is -3.24. The number of aryl methyl sites for hydroxylation is 2. The second-order valence-corrected chi connectivity index (χ2v) is 11.6. The van der Waals surface area contributed by atoms with Crippen LogP contribution in [0.4, 0.5) is 0 Å². The van der Waals surface area contributed by atoms with Crippen LogP contribution in [0.3, 0.4) is 0 Å². The predicted octanol–water partition coefficient (Wildman–Crippen LogP) is 3.28. The number of β-amino-alcohol motifs (C(OH)–C–C–N with tert-alkyl or cyclic N) is 1. The monoisotopic (exact) mass is 520 g/mol. The topological polar surface area (TPSA) is 114 Å². The van der Waals surface area contributed by atoms with Crippen molar-refractivity contribution in [3.05, 3.63) is 52.9 Å². The molecule has 1 aromatic carbocycles. The molecule has 10 heteroatoms. The third kappa shape index (κ3) is 4.53. The van der Waals surface area contributed by atoms with Gasteiger partial charge in [0, 0.05) is 38.3 Å². The van der Waals surface area contributed by atoms with Gasteiger partial charge in [-0.3, -0.25) is 14.3 Å². The van der Waals surface area contributed by atoms with Gasteiger partial charge in [-0.25, -0.2) is 9.98 Å². The molecule has 2 amide bonds. The zero-order chi connectivity index (χ0) is 26.5. The number of nitrogens with zero attached hydrogens (tertiary/aromatic N) is 6. The Balaban J connectivity index is 1.39. The number of aromatic nitrogens is 4. The molecule has 0 aliphatic carbocycles. The van der Waals surface area contributed by atoms with E-state index < -0.39 is 23.5 Å². The van der Waals surface area contributed by atoms with Crippen LogP contribution in [0.5, 0.6) is 0 Å². The van der Waals surface area contributed by atoms with Gasteiger partial charge < -0.3 is 10.0 Å². The summed E-state index contributed by atoms with van der Waals surface area (Å²) in [7, 11) is 1.77. The van der Waals surface area contributed by atoms with Crippen molar-refractivity contribution in [3.63, 3.8) is 0 Å². The van der Waals surface area contributed by atoms with E-state index in [1.54, 1.807) is 34.2 Å². The SMILES string of the molecule is Cc1ncsc1-c1ccc(C2(C)CC(C3CC(O)CN3C(=O)C(c3cn(C)nn3)C(C)C)=NC2=O)cc1. The summed E-state index contributed by atoms with van der Waals surface area (Å²) >= 11 is 1.59. The van der Waals surface area contributed by atoms with E-state index in [-0.39, 0.29) is 24.3 Å². The molecule has 2 aliphatic rings. The molecule has 2 aliphatic heterocycles. The van der Waals surface area contributed by atoms with Gasteiger partial charge in [0.1, 0.15) is 0 Å². The number of carbonyl (C=O) groups excluding carboxylic acids is 2. The maximum absolute atomic E-state index is 13.8. The van der Waals surface area contributed by atoms with E-state index in [0.717, 1.165) is 21.7 Å². The Morgan fingerprint density at radius 3 is 2.57 bits per heavy atom. The summed E-state index contributed by atoms with van der Waals surface area (Å²) in [5.41, 5.74) is 5.21. The fourth-order valence-electron chi connectivity index (χ4n) is 5.53. The molecule has 9 nitrogen and oxygen atoms in total. The largest absolute Gasteiger partial charge is 0.391 e. The zero-order valence-electron chi connectivity index (χ0n) is 21.8. The molecule has 4 heterocycles. The minimum Gasteiger partial charge on any atom is -0.391 e. The van der Waals surface area contributed by atoms with Crippen molar-refractivity contribution in [2.45, 2.75) is 64.0 Å². The number of aliphatic hydroxyl groups is 1. The lowest BCUT2D eigenvalue weighted by Crippen LogP contribution is -2.44. The number of carbonyl (C=O) groups is 2. The van der Waals surface area contributed by atoms with E-state index in [0.29, 0.717) is 24.2 Å². The summed E-state index contributed by atoms with van der Waals surface area (Å²) in [6.45, 7) is 8.05. The summed E-state index contributed by atoms with van der Waals surface area (Å²) in [6.07, 6.45) is 1.86. The van der Waals surface area contributed by atoms with Crippen LogP contribution in [0.25, 0.3) is 10.4 Å². The molecular weight excluding hydrogens is 488 g/mol. The highest BCUT2D eigenvalue weighted by Crippen LogP contribution is 2.39. The van der Waals surface area contributed by atoms with Crippen molar-refractivity contribution in [1.82, 2.24) is 24.9 Å². The number of aliphatic hydroxyl groups excluding tert-OH is 1. The first-order valence-corrected chi connectivity index (χ1v) is 13.4. The van der Waals surface area contributed by atoms with Gasteiger partial charge in [-0.2, -0.15) is 0 Å². The molecule has 37 heavy (non-hydrogen) atoms. The van der Waals surface area contributed by atoms with Crippen LogP contribution >= 0.6 is 11.3 Å². The van der Waals surface area contributed by atoms with Gasteiger partial charge in [-0.15, -0.1) is 16.4 Å². The summed E-state index contributed by atoms with van der Waals surface area (Å²) in [4.78, 5) is 38.7. The highest BCUT2D eigenvalue weighted by atomic mass is 32.1. The lowest BCUT2D eigenvalue weighted by atomic mass is 9.78. The lowest BCUT2D eigenvalue weighted by Gasteiger charge is -2.30. The quantitative estimate of drug-likeness (QED) is 0.534. The third-order valence-electron chi connectivity index (χ3n) is 7.60. The van der Waals surface area contributed by atoms with Crippen LogP contribution < -0.4 is 0 Å². The summed E-state index contributed by atoms with van der Waals surface area (Å²) in [5.74, 6) is -0.841. The van der Waals surface area contributed by atoms with Crippen LogP contribution in [0.2, 0.25) is 0 Å². The number of hydrogen-bond acceptors (Lipinski definition) is 7. The Labute approximate surface area is 220 Å². The Morgan fingerprint density at radius 2 is 1.97 bits per heavy atom. The number of benzene rings is 1. The Bertz CT molecular complexity index is 1360. The van der Waals surface area contributed by atoms with E-state index >= 15 is 0 Å². The maximum atomic E-state index is 13.8. The lowest BCUT2D eigenvalue weighted by molar-refractivity contribution is -0.134. The molecule has 1 N–H and O–H groups in total. The van der Waals surface area contributed by atoms with Crippen LogP contribution in [0.1, 0.15) is 56.5 Å². The second-order valence-electron chi connectivity index (χ2n) is 10.7. The molecule has 4 unspecified atom stereocenters. The second kappa shape index (κ2) is 9.57. The predicted molar refractivity (Wildman–Crippen MR) is 141 cm³/mol. The average molecular weight is 521 g/mol. The van der Waals surface area contributed by atoms with Crippen LogP contribution in [0.15, 0.2) is 41.0 Å². The van der Waals surface area contributed by atoms with E-state index in [1.165, 1.54) is 0 Å². The van der Waals surface area contributed by atoms with Crippen molar-refractivity contribution >= 4 is 28.9 Å². The summed E-state index contributed by atoms with van der Waals surface area (Å²) < 4.78 is 1.58. The molecular formula is C27H32N6O3S. The van der Waals surface area contributed by atoms with Gasteiger partial charge in [-0.1, -0.05) is 43.3 Å². The molecule has 1 saturated heterocycles. The fraction of sp³-hybridized carbons (Fsp3) is 0.481. The number of rotatable bonds is 6. The van der Waals surface area contributed by atoms with E-state index in [4.69, 9.17) is 0 Å². The fourth-order valence-corrected chi connectivity index (χ4v) is 6.34. The number of hydrogen-bond donors (Lipinski definition) is 1. The molecule has 3 aromatic rings. The minimum atomic E-state index is -0.818. The molecule has 0 saturated carbocycles. The summed E-state index contributed by atoms with van der Waals surface area (Å²) in [6, 6.07) is 7.59. The zero-order valence-corrected chi connectivity index (χ0v) is 22.6. The average Bonchev–Trinajstić information content (AvgIpc) is 3.62. The van der Waals surface area contributed by atoms with Gasteiger partial charge in [0.25, 0.3) is 5.91 Å². The molecule has 4 atom stereocenters. The molecule has 1 fully saturated rings. The van der Waals surface area contributed by atoms with Crippen molar-refractivity contribution in [2.75, 3.05) is 6.54 Å². The first-order chi connectivity index (χ1) is 17.6. The molecule has 5 rings (SSSR count). The number of amides is 2. The first kappa shape index (κ1) is 25.4. The van der Waals surface area contributed by atoms with Crippen LogP contribution in [-0.4, -0.2) is 66.2 Å². The van der Waals surface area contributed by atoms with Gasteiger partial charge in [0.15, 0.2) is 0 Å². The smallest absolute Gasteiger partial charge is 0.256 e. The molecule has 0 radical (unpaired) electrons. The Morgan fingerprint density at radius 1 is 1.24 bits per heavy atom.